The topological polar surface area (TPSA) is 83.5 Å². The Kier molecular flexibility index (Phi) is 6.51. The van der Waals surface area contributed by atoms with Crippen molar-refractivity contribution in [2.75, 3.05) is 21.0 Å². The molecule has 3 aromatic carbocycles. The average molecular weight is 477 g/mol. The zero-order valence-electron chi connectivity index (χ0n) is 19.7. The van der Waals surface area contributed by atoms with E-state index in [1.54, 1.807) is 13.2 Å². The number of carbonyl (C=O) groups is 1. The summed E-state index contributed by atoms with van der Waals surface area (Å²) >= 11 is 0. The molecule has 182 valence electrons. The van der Waals surface area contributed by atoms with Crippen LogP contribution in [0.15, 0.2) is 60.7 Å². The Morgan fingerprint density at radius 1 is 1.06 bits per heavy atom. The number of rotatable bonds is 8. The molecule has 1 N–H and O–H groups in total. The molecule has 5 rings (SSSR count). The van der Waals surface area contributed by atoms with E-state index in [9.17, 15) is 9.90 Å². The van der Waals surface area contributed by atoms with E-state index in [1.807, 2.05) is 54.6 Å². The van der Waals surface area contributed by atoms with Gasteiger partial charge in [-0.05, 0) is 59.7 Å². The van der Waals surface area contributed by atoms with Gasteiger partial charge in [-0.25, -0.2) is 0 Å². The smallest absolute Gasteiger partial charge is 0.312 e. The molecule has 1 heterocycles. The molecule has 3 atom stereocenters. The lowest BCUT2D eigenvalue weighted by Gasteiger charge is -2.27. The standard InChI is InChI=1S/C28H28O7/c1-31-20-10-7-17(23(29)15-20)8-11-24(19-9-12-25-26(14-19)34-16-33-25)35-27-21-6-4-3-5-18(21)13-22(27)28(30)32-2/h3-7,9-10,12,14-15,22,24,27,29H,8,11,13,16H2,1-2H3/t22-,24?,27+/m0/s1. The lowest BCUT2D eigenvalue weighted by atomic mass is 9.98. The molecule has 0 saturated carbocycles. The molecule has 0 aromatic heterocycles. The second-order valence-corrected chi connectivity index (χ2v) is 8.72. The van der Waals surface area contributed by atoms with Crippen LogP contribution in [0.25, 0.3) is 0 Å². The number of esters is 1. The molecule has 1 aliphatic carbocycles. The molecule has 7 nitrogen and oxygen atoms in total. The summed E-state index contributed by atoms with van der Waals surface area (Å²) in [5.41, 5.74) is 3.79. The number of phenols is 1. The molecule has 35 heavy (non-hydrogen) atoms. The molecule has 3 aromatic rings. The van der Waals surface area contributed by atoms with Crippen LogP contribution in [0.1, 0.15) is 40.9 Å². The Morgan fingerprint density at radius 2 is 1.89 bits per heavy atom. The van der Waals surface area contributed by atoms with Crippen molar-refractivity contribution in [3.8, 4) is 23.0 Å². The fourth-order valence-electron chi connectivity index (χ4n) is 4.86. The summed E-state index contributed by atoms with van der Waals surface area (Å²) in [6.45, 7) is 0.185. The fraction of sp³-hybridized carbons (Fsp3) is 0.321. The second kappa shape index (κ2) is 9.88. The summed E-state index contributed by atoms with van der Waals surface area (Å²) in [6.07, 6.45) is 0.895. The first kappa shape index (κ1) is 23.1. The summed E-state index contributed by atoms with van der Waals surface area (Å²) in [4.78, 5) is 12.7. The Morgan fingerprint density at radius 3 is 2.69 bits per heavy atom. The maximum atomic E-state index is 12.7. The fourth-order valence-corrected chi connectivity index (χ4v) is 4.86. The zero-order chi connectivity index (χ0) is 24.4. The number of phenolic OH excluding ortho intramolecular Hbond substituents is 1. The van der Waals surface area contributed by atoms with E-state index in [-0.39, 0.29) is 24.6 Å². The van der Waals surface area contributed by atoms with Gasteiger partial charge in [0.1, 0.15) is 11.5 Å². The van der Waals surface area contributed by atoms with Crippen LogP contribution in [0.4, 0.5) is 0 Å². The van der Waals surface area contributed by atoms with Crippen LogP contribution in [0.2, 0.25) is 0 Å². The number of hydrogen-bond donors (Lipinski definition) is 1. The number of ether oxygens (including phenoxy) is 5. The maximum Gasteiger partial charge on any atom is 0.312 e. The average Bonchev–Trinajstić information content (AvgIpc) is 3.50. The SMILES string of the molecule is COC(=O)[C@H]1Cc2ccccc2[C@H]1OC(CCc1ccc(OC)cc1O)c1ccc2c(c1)OCO2. The largest absolute Gasteiger partial charge is 0.508 e. The van der Waals surface area contributed by atoms with Crippen LogP contribution in [-0.2, 0) is 27.1 Å². The van der Waals surface area contributed by atoms with Gasteiger partial charge >= 0.3 is 5.97 Å². The number of fused-ring (bicyclic) bond motifs is 2. The van der Waals surface area contributed by atoms with Gasteiger partial charge in [0.15, 0.2) is 11.5 Å². The monoisotopic (exact) mass is 476 g/mol. The highest BCUT2D eigenvalue weighted by molar-refractivity contribution is 5.75. The van der Waals surface area contributed by atoms with Crippen molar-refractivity contribution < 1.29 is 33.6 Å². The lowest BCUT2D eigenvalue weighted by Crippen LogP contribution is -2.24. The van der Waals surface area contributed by atoms with Gasteiger partial charge in [-0.3, -0.25) is 4.79 Å². The van der Waals surface area contributed by atoms with Crippen LogP contribution in [-0.4, -0.2) is 32.1 Å². The van der Waals surface area contributed by atoms with Gasteiger partial charge in [-0.2, -0.15) is 0 Å². The van der Waals surface area contributed by atoms with Crippen molar-refractivity contribution >= 4 is 5.97 Å². The van der Waals surface area contributed by atoms with Gasteiger partial charge < -0.3 is 28.8 Å². The maximum absolute atomic E-state index is 12.7. The molecule has 0 spiro atoms. The van der Waals surface area contributed by atoms with E-state index in [1.165, 1.54) is 7.11 Å². The van der Waals surface area contributed by atoms with Crippen molar-refractivity contribution in [2.24, 2.45) is 5.92 Å². The van der Waals surface area contributed by atoms with Crippen molar-refractivity contribution in [1.29, 1.82) is 0 Å². The van der Waals surface area contributed by atoms with E-state index >= 15 is 0 Å². The summed E-state index contributed by atoms with van der Waals surface area (Å²) in [5, 5.41) is 10.5. The van der Waals surface area contributed by atoms with E-state index in [0.29, 0.717) is 36.5 Å². The quantitative estimate of drug-likeness (QED) is 0.463. The number of aryl methyl sites for hydroxylation is 1. The lowest BCUT2D eigenvalue weighted by molar-refractivity contribution is -0.153. The minimum absolute atomic E-state index is 0.174. The van der Waals surface area contributed by atoms with Gasteiger partial charge in [0, 0.05) is 6.07 Å². The van der Waals surface area contributed by atoms with Gasteiger partial charge in [0.05, 0.1) is 32.3 Å². The third-order valence-corrected chi connectivity index (χ3v) is 6.72. The molecular formula is C28H28O7. The number of aromatic hydroxyl groups is 1. The highest BCUT2D eigenvalue weighted by atomic mass is 16.7. The second-order valence-electron chi connectivity index (χ2n) is 8.72. The Balaban J connectivity index is 1.45. The highest BCUT2D eigenvalue weighted by Gasteiger charge is 2.40. The van der Waals surface area contributed by atoms with Crippen molar-refractivity contribution in [1.82, 2.24) is 0 Å². The summed E-state index contributed by atoms with van der Waals surface area (Å²) < 4.78 is 28.1. The predicted octanol–water partition coefficient (Wildman–Crippen LogP) is 4.91. The molecule has 0 amide bonds. The number of methoxy groups -OCH3 is 2. The van der Waals surface area contributed by atoms with Gasteiger partial charge in [0.2, 0.25) is 6.79 Å². The van der Waals surface area contributed by atoms with Crippen LogP contribution in [0.5, 0.6) is 23.0 Å². The van der Waals surface area contributed by atoms with Crippen LogP contribution < -0.4 is 14.2 Å². The summed E-state index contributed by atoms with van der Waals surface area (Å²) in [5.74, 6) is 1.41. The molecule has 0 radical (unpaired) electrons. The third-order valence-electron chi connectivity index (χ3n) is 6.72. The number of benzene rings is 3. The first-order valence-electron chi connectivity index (χ1n) is 11.6. The molecule has 7 heteroatoms. The van der Waals surface area contributed by atoms with Crippen molar-refractivity contribution in [3.05, 3.63) is 82.9 Å². The molecule has 1 aliphatic heterocycles. The summed E-state index contributed by atoms with van der Waals surface area (Å²) in [6, 6.07) is 19.0. The Hall–Kier alpha value is -3.71. The van der Waals surface area contributed by atoms with Crippen LogP contribution >= 0.6 is 0 Å². The molecule has 1 unspecified atom stereocenters. The molecule has 0 saturated heterocycles. The minimum atomic E-state index is -0.446. The van der Waals surface area contributed by atoms with E-state index in [0.717, 1.165) is 22.3 Å². The first-order chi connectivity index (χ1) is 17.1. The van der Waals surface area contributed by atoms with E-state index in [4.69, 9.17) is 23.7 Å². The van der Waals surface area contributed by atoms with Gasteiger partial charge in [0.25, 0.3) is 0 Å². The van der Waals surface area contributed by atoms with E-state index < -0.39 is 12.0 Å². The molecular weight excluding hydrogens is 448 g/mol. The molecule has 2 aliphatic rings. The summed E-state index contributed by atoms with van der Waals surface area (Å²) in [7, 11) is 2.97. The van der Waals surface area contributed by atoms with Crippen molar-refractivity contribution in [3.63, 3.8) is 0 Å². The van der Waals surface area contributed by atoms with Gasteiger partial charge in [-0.15, -0.1) is 0 Å². The highest BCUT2D eigenvalue weighted by Crippen LogP contribution is 2.44. The van der Waals surface area contributed by atoms with Crippen LogP contribution in [0, 0.1) is 5.92 Å². The van der Waals surface area contributed by atoms with E-state index in [2.05, 4.69) is 0 Å². The Labute approximate surface area is 204 Å². The normalized spacial score (nSPS) is 18.7. The zero-order valence-corrected chi connectivity index (χ0v) is 19.7. The van der Waals surface area contributed by atoms with Gasteiger partial charge in [-0.1, -0.05) is 36.4 Å². The first-order valence-corrected chi connectivity index (χ1v) is 11.6. The predicted molar refractivity (Wildman–Crippen MR) is 128 cm³/mol. The third kappa shape index (κ3) is 4.64. The molecule has 0 fully saturated rings. The van der Waals surface area contributed by atoms with Crippen LogP contribution in [0.3, 0.4) is 0 Å². The number of carbonyl (C=O) groups excluding carboxylic acids is 1. The minimum Gasteiger partial charge on any atom is -0.508 e. The van der Waals surface area contributed by atoms with Crippen molar-refractivity contribution in [2.45, 2.75) is 31.5 Å². The molecule has 0 bridgehead atoms. The number of hydrogen-bond acceptors (Lipinski definition) is 7. The Bertz CT molecular complexity index is 1220.